The van der Waals surface area contributed by atoms with E-state index in [9.17, 15) is 0 Å². The van der Waals surface area contributed by atoms with Crippen LogP contribution in [0.5, 0.6) is 0 Å². The van der Waals surface area contributed by atoms with Crippen molar-refractivity contribution in [3.8, 4) is 0 Å². The van der Waals surface area contributed by atoms with Crippen LogP contribution in [0.15, 0.2) is 47.7 Å². The summed E-state index contributed by atoms with van der Waals surface area (Å²) in [5.41, 5.74) is 2.62. The maximum Gasteiger partial charge on any atom is 0.191 e. The number of guanidine groups is 1. The molecule has 1 aromatic heterocycles. The first-order valence-electron chi connectivity index (χ1n) is 10.5. The second-order valence-electron chi connectivity index (χ2n) is 8.14. The van der Waals surface area contributed by atoms with Crippen LogP contribution in [0.25, 0.3) is 0 Å². The Balaban J connectivity index is 1.26. The summed E-state index contributed by atoms with van der Waals surface area (Å²) in [7, 11) is 1.85. The van der Waals surface area contributed by atoms with Gasteiger partial charge in [0.1, 0.15) is 0 Å². The number of benzene rings is 1. The number of aryl methyl sites for hydroxylation is 1. The lowest BCUT2D eigenvalue weighted by Crippen LogP contribution is -2.52. The molecule has 150 valence electrons. The number of aromatic nitrogens is 2. The van der Waals surface area contributed by atoms with Crippen LogP contribution in [0.3, 0.4) is 0 Å². The van der Waals surface area contributed by atoms with Crippen LogP contribution in [0.4, 0.5) is 0 Å². The second kappa shape index (κ2) is 8.78. The maximum absolute atomic E-state index is 4.43. The normalized spacial score (nSPS) is 25.1. The Morgan fingerprint density at radius 2 is 1.93 bits per heavy atom. The van der Waals surface area contributed by atoms with Crippen LogP contribution in [0, 0.1) is 6.92 Å². The van der Waals surface area contributed by atoms with Gasteiger partial charge in [-0.15, -0.1) is 0 Å². The standard InChI is InChI=1S/C22H32N6/c1-17-14-25-27(15-17)11-10-24-22(23-2)26-19-12-20-8-9-21(13-19)28(20)16-18-6-4-3-5-7-18/h3-7,14-15,19-21H,8-13,16H2,1-2H3,(H2,23,24,26). The van der Waals surface area contributed by atoms with Crippen LogP contribution in [0.1, 0.15) is 36.8 Å². The molecular weight excluding hydrogens is 348 g/mol. The molecule has 0 amide bonds. The van der Waals surface area contributed by atoms with E-state index >= 15 is 0 Å². The summed E-state index contributed by atoms with van der Waals surface area (Å²) in [6.07, 6.45) is 9.00. The summed E-state index contributed by atoms with van der Waals surface area (Å²) in [5.74, 6) is 0.907. The van der Waals surface area contributed by atoms with Crippen LogP contribution >= 0.6 is 0 Å². The molecule has 1 aromatic carbocycles. The minimum atomic E-state index is 0.502. The molecule has 0 aliphatic carbocycles. The number of hydrogen-bond donors (Lipinski definition) is 2. The Hall–Kier alpha value is -2.34. The predicted molar refractivity (Wildman–Crippen MR) is 113 cm³/mol. The van der Waals surface area contributed by atoms with E-state index < -0.39 is 0 Å². The van der Waals surface area contributed by atoms with Crippen molar-refractivity contribution in [1.82, 2.24) is 25.3 Å². The fourth-order valence-electron chi connectivity index (χ4n) is 4.71. The molecule has 6 heteroatoms. The Labute approximate surface area is 168 Å². The van der Waals surface area contributed by atoms with E-state index in [2.05, 4.69) is 69.1 Å². The van der Waals surface area contributed by atoms with Crippen molar-refractivity contribution < 1.29 is 0 Å². The molecule has 2 bridgehead atoms. The van der Waals surface area contributed by atoms with E-state index in [0.29, 0.717) is 18.1 Å². The highest BCUT2D eigenvalue weighted by Crippen LogP contribution is 2.36. The quantitative estimate of drug-likeness (QED) is 0.597. The summed E-state index contributed by atoms with van der Waals surface area (Å²) in [6.45, 7) is 4.81. The van der Waals surface area contributed by atoms with Gasteiger partial charge >= 0.3 is 0 Å². The number of nitrogens with one attached hydrogen (secondary N) is 2. The molecule has 2 aromatic rings. The fourth-order valence-corrected chi connectivity index (χ4v) is 4.71. The van der Waals surface area contributed by atoms with Crippen molar-refractivity contribution in [3.05, 3.63) is 53.9 Å². The molecule has 2 saturated heterocycles. The molecule has 2 fully saturated rings. The molecule has 4 rings (SSSR count). The first-order valence-corrected chi connectivity index (χ1v) is 10.5. The highest BCUT2D eigenvalue weighted by atomic mass is 15.3. The van der Waals surface area contributed by atoms with Crippen molar-refractivity contribution in [2.24, 2.45) is 4.99 Å². The van der Waals surface area contributed by atoms with Gasteiger partial charge in [0.2, 0.25) is 0 Å². The summed E-state index contributed by atoms with van der Waals surface area (Å²) < 4.78 is 1.97. The van der Waals surface area contributed by atoms with E-state index in [1.807, 2.05) is 17.9 Å². The number of fused-ring (bicyclic) bond motifs is 2. The monoisotopic (exact) mass is 380 g/mol. The number of hydrogen-bond acceptors (Lipinski definition) is 3. The summed E-state index contributed by atoms with van der Waals surface area (Å²) in [6, 6.07) is 12.7. The van der Waals surface area contributed by atoms with Gasteiger partial charge in [0.15, 0.2) is 5.96 Å². The third-order valence-corrected chi connectivity index (χ3v) is 6.05. The highest BCUT2D eigenvalue weighted by Gasteiger charge is 2.40. The largest absolute Gasteiger partial charge is 0.355 e. The predicted octanol–water partition coefficient (Wildman–Crippen LogP) is 2.55. The molecule has 2 unspecified atom stereocenters. The molecule has 6 nitrogen and oxygen atoms in total. The van der Waals surface area contributed by atoms with E-state index in [1.165, 1.54) is 36.8 Å². The Morgan fingerprint density at radius 1 is 1.18 bits per heavy atom. The van der Waals surface area contributed by atoms with Gasteiger partial charge in [-0.2, -0.15) is 5.10 Å². The molecule has 2 atom stereocenters. The van der Waals surface area contributed by atoms with Gasteiger partial charge in [-0.05, 0) is 43.7 Å². The molecule has 28 heavy (non-hydrogen) atoms. The van der Waals surface area contributed by atoms with Gasteiger partial charge in [-0.25, -0.2) is 0 Å². The van der Waals surface area contributed by atoms with Gasteiger partial charge in [-0.3, -0.25) is 14.6 Å². The van der Waals surface area contributed by atoms with Gasteiger partial charge in [0, 0.05) is 44.5 Å². The van der Waals surface area contributed by atoms with Gasteiger partial charge in [0.25, 0.3) is 0 Å². The average molecular weight is 381 g/mol. The van der Waals surface area contributed by atoms with Crippen LogP contribution in [-0.2, 0) is 13.1 Å². The van der Waals surface area contributed by atoms with Gasteiger partial charge < -0.3 is 10.6 Å². The minimum absolute atomic E-state index is 0.502. The van der Waals surface area contributed by atoms with Gasteiger partial charge in [0.05, 0.1) is 12.7 Å². The van der Waals surface area contributed by atoms with E-state index in [-0.39, 0.29) is 0 Å². The topological polar surface area (TPSA) is 57.5 Å². The zero-order chi connectivity index (χ0) is 19.3. The van der Waals surface area contributed by atoms with Crippen LogP contribution < -0.4 is 10.6 Å². The molecule has 0 saturated carbocycles. The van der Waals surface area contributed by atoms with Crippen molar-refractivity contribution in [3.63, 3.8) is 0 Å². The summed E-state index contributed by atoms with van der Waals surface area (Å²) in [5, 5.41) is 11.4. The summed E-state index contributed by atoms with van der Waals surface area (Å²) >= 11 is 0. The summed E-state index contributed by atoms with van der Waals surface area (Å²) in [4.78, 5) is 7.15. The molecule has 2 aliphatic heterocycles. The maximum atomic E-state index is 4.43. The molecule has 2 N–H and O–H groups in total. The SMILES string of the molecule is CN=C(NCCn1cc(C)cn1)NC1CC2CCC(C1)N2Cc1ccccc1. The second-order valence-corrected chi connectivity index (χ2v) is 8.14. The van der Waals surface area contributed by atoms with E-state index in [1.54, 1.807) is 0 Å². The van der Waals surface area contributed by atoms with Gasteiger partial charge in [-0.1, -0.05) is 30.3 Å². The average Bonchev–Trinajstić information content (AvgIpc) is 3.21. The lowest BCUT2D eigenvalue weighted by Gasteiger charge is -2.39. The molecule has 0 radical (unpaired) electrons. The first-order chi connectivity index (χ1) is 13.7. The lowest BCUT2D eigenvalue weighted by molar-refractivity contribution is 0.114. The number of aliphatic imine (C=N–C) groups is 1. The third-order valence-electron chi connectivity index (χ3n) is 6.05. The Morgan fingerprint density at radius 3 is 2.57 bits per heavy atom. The fraction of sp³-hybridized carbons (Fsp3) is 0.545. The van der Waals surface area contributed by atoms with E-state index in [0.717, 1.165) is 25.6 Å². The van der Waals surface area contributed by atoms with Crippen molar-refractivity contribution in [2.75, 3.05) is 13.6 Å². The molecule has 0 spiro atoms. The van der Waals surface area contributed by atoms with Crippen molar-refractivity contribution >= 4 is 5.96 Å². The van der Waals surface area contributed by atoms with E-state index in [4.69, 9.17) is 0 Å². The zero-order valence-electron chi connectivity index (χ0n) is 17.0. The minimum Gasteiger partial charge on any atom is -0.355 e. The van der Waals surface area contributed by atoms with Crippen molar-refractivity contribution in [1.29, 1.82) is 0 Å². The molecule has 2 aliphatic rings. The third kappa shape index (κ3) is 4.55. The lowest BCUT2D eigenvalue weighted by atomic mass is 9.96. The molecular formula is C22H32N6. The highest BCUT2D eigenvalue weighted by molar-refractivity contribution is 5.79. The Bertz CT molecular complexity index is 769. The first kappa shape index (κ1) is 19.0. The van der Waals surface area contributed by atoms with Crippen LogP contribution in [0.2, 0.25) is 0 Å². The molecule has 3 heterocycles. The zero-order valence-corrected chi connectivity index (χ0v) is 17.0. The van der Waals surface area contributed by atoms with Crippen molar-refractivity contribution in [2.45, 2.75) is 63.8 Å². The number of nitrogens with zero attached hydrogens (tertiary/aromatic N) is 4. The van der Waals surface area contributed by atoms with Crippen LogP contribution in [-0.4, -0.2) is 52.4 Å². The number of rotatable bonds is 6. The smallest absolute Gasteiger partial charge is 0.191 e. The Kier molecular flexibility index (Phi) is 5.95. The number of piperidine rings is 1.